The van der Waals surface area contributed by atoms with Gasteiger partial charge in [0, 0.05) is 38.6 Å². The van der Waals surface area contributed by atoms with Gasteiger partial charge in [0.1, 0.15) is 0 Å². The Hall–Kier alpha value is -7.36. The SMILES string of the molecule is CC1(C)CCC(C)(C)c2c1ccc1c3c4c(cc21)c(-c1ccccc1)c(-c1ccccc1)n4-c1ccc2c4c1B3c1cc3c(c5c6c7c(cc(c6n-4c15)C21c2ccccc2-c2ccccc21)C(C)(C)CCC7(C)C)C(C)(C)CCC3(C)C. The van der Waals surface area contributed by atoms with Crippen molar-refractivity contribution in [3.63, 3.8) is 0 Å². The Bertz CT molecular complexity index is 4750. The Kier molecular flexibility index (Phi) is 8.74. The average molecular weight is 1060 g/mol. The molecule has 82 heavy (non-hydrogen) atoms. The predicted molar refractivity (Wildman–Crippen MR) is 347 cm³/mol. The summed E-state index contributed by atoms with van der Waals surface area (Å²) >= 11 is 0. The molecule has 402 valence electrons. The van der Waals surface area contributed by atoms with Gasteiger partial charge in [0.15, 0.2) is 0 Å². The number of rotatable bonds is 2. The van der Waals surface area contributed by atoms with Crippen LogP contribution in [0, 0.1) is 0 Å². The maximum atomic E-state index is 2.95. The molecule has 2 nitrogen and oxygen atoms in total. The molecule has 0 saturated carbocycles. The van der Waals surface area contributed by atoms with Crippen LogP contribution in [0.4, 0.5) is 0 Å². The molecular weight excluding hydrogens is 988 g/mol. The van der Waals surface area contributed by atoms with Crippen LogP contribution in [0.1, 0.15) is 177 Å². The standard InChI is InChI=1S/C79H73BN2/c1-73(2)35-38-76(7,8)63-49-41-50-60(44-23-15-13-16-24-44)68(45-25-17-14-18-26-45)81-59-34-33-54-71-67(59)80(66(69(50)81)48(49)31-32-53(63)73)58-43-56-65(78(11,12)40-37-75(56,5)6)62-61-64-55(74(3,4)36-39-77(64,9)10)42-57(70(61)82(71)72(58)62)79(54)51-29-21-19-27-46(51)47-28-20-22-30-52(47)79/h13-34,41-43H,35-40H2,1-12H3. The molecule has 11 aromatic rings. The van der Waals surface area contributed by atoms with Gasteiger partial charge in [0.05, 0.1) is 22.1 Å². The van der Waals surface area contributed by atoms with Crippen LogP contribution >= 0.6 is 0 Å². The highest BCUT2D eigenvalue weighted by Gasteiger charge is 2.58. The molecule has 7 aliphatic rings. The maximum Gasteiger partial charge on any atom is 0.253 e. The van der Waals surface area contributed by atoms with E-state index >= 15 is 0 Å². The molecule has 0 N–H and O–H groups in total. The first-order valence-electron chi connectivity index (χ1n) is 31.1. The monoisotopic (exact) mass is 1060 g/mol. The van der Waals surface area contributed by atoms with E-state index in [1.165, 1.54) is 128 Å². The van der Waals surface area contributed by atoms with Crippen LogP contribution in [0.25, 0.3) is 88.4 Å². The van der Waals surface area contributed by atoms with E-state index in [0.29, 0.717) is 0 Å². The zero-order valence-electron chi connectivity index (χ0n) is 50.1. The third-order valence-electron chi connectivity index (χ3n) is 23.4. The lowest BCUT2D eigenvalue weighted by atomic mass is 9.33. The second kappa shape index (κ2) is 14.9. The minimum absolute atomic E-state index is 0.0202. The predicted octanol–water partition coefficient (Wildman–Crippen LogP) is 18.1. The largest absolute Gasteiger partial charge is 0.310 e. The molecule has 0 atom stereocenters. The Labute approximate surface area is 484 Å². The van der Waals surface area contributed by atoms with Gasteiger partial charge in [-0.05, 0) is 188 Å². The van der Waals surface area contributed by atoms with Crippen molar-refractivity contribution in [3.8, 4) is 44.9 Å². The number of nitrogens with zero attached hydrogens (tertiary/aromatic N) is 2. The van der Waals surface area contributed by atoms with Gasteiger partial charge in [-0.1, -0.05) is 223 Å². The summed E-state index contributed by atoms with van der Waals surface area (Å²) < 4.78 is 5.75. The summed E-state index contributed by atoms with van der Waals surface area (Å²) in [6.07, 6.45) is 6.96. The first-order valence-corrected chi connectivity index (χ1v) is 31.1. The molecule has 2 aromatic heterocycles. The molecule has 3 heteroatoms. The molecule has 0 bridgehead atoms. The van der Waals surface area contributed by atoms with Crippen molar-refractivity contribution in [3.05, 3.63) is 207 Å². The molecule has 3 aliphatic heterocycles. The molecule has 1 spiro atoms. The molecule has 0 amide bonds. The number of fused-ring (bicyclic) bond motifs is 19. The second-order valence-corrected chi connectivity index (χ2v) is 30.6. The van der Waals surface area contributed by atoms with Crippen molar-refractivity contribution in [2.24, 2.45) is 0 Å². The second-order valence-electron chi connectivity index (χ2n) is 30.6. The summed E-state index contributed by atoms with van der Waals surface area (Å²) in [4.78, 5) is 0. The normalized spacial score (nSPS) is 20.1. The van der Waals surface area contributed by atoms with Gasteiger partial charge in [0.2, 0.25) is 0 Å². The van der Waals surface area contributed by atoms with Gasteiger partial charge in [-0.2, -0.15) is 0 Å². The molecule has 0 saturated heterocycles. The first-order chi connectivity index (χ1) is 39.2. The van der Waals surface area contributed by atoms with E-state index < -0.39 is 5.41 Å². The molecule has 0 radical (unpaired) electrons. The van der Waals surface area contributed by atoms with Gasteiger partial charge in [0.25, 0.3) is 6.71 Å². The molecule has 4 aliphatic carbocycles. The van der Waals surface area contributed by atoms with Gasteiger partial charge < -0.3 is 9.13 Å². The number of hydrogen-bond donors (Lipinski definition) is 0. The lowest BCUT2D eigenvalue weighted by Gasteiger charge is -2.47. The Morgan fingerprint density at radius 3 is 1.49 bits per heavy atom. The number of hydrogen-bond acceptors (Lipinski definition) is 0. The number of aromatic nitrogens is 2. The fraction of sp³-hybridized carbons (Fsp3) is 0.316. The van der Waals surface area contributed by atoms with Crippen molar-refractivity contribution in [1.29, 1.82) is 0 Å². The van der Waals surface area contributed by atoms with E-state index in [0.717, 1.165) is 32.1 Å². The quantitative estimate of drug-likeness (QED) is 0.153. The summed E-state index contributed by atoms with van der Waals surface area (Å²) in [7, 11) is 0. The maximum absolute atomic E-state index is 2.95. The van der Waals surface area contributed by atoms with Crippen molar-refractivity contribution in [1.82, 2.24) is 9.13 Å². The van der Waals surface area contributed by atoms with E-state index in [2.05, 4.69) is 244 Å². The molecule has 18 rings (SSSR count). The summed E-state index contributed by atoms with van der Waals surface area (Å²) in [5, 5.41) is 7.32. The van der Waals surface area contributed by atoms with E-state index in [4.69, 9.17) is 0 Å². The topological polar surface area (TPSA) is 9.86 Å². The molecule has 0 unspecified atom stereocenters. The number of benzene rings is 9. The minimum Gasteiger partial charge on any atom is -0.310 e. The molecular formula is C79H73BN2. The molecule has 5 heterocycles. The van der Waals surface area contributed by atoms with Crippen molar-refractivity contribution >= 4 is 66.6 Å². The fourth-order valence-electron chi connectivity index (χ4n) is 19.2. The Morgan fingerprint density at radius 2 is 0.866 bits per heavy atom. The van der Waals surface area contributed by atoms with Gasteiger partial charge >= 0.3 is 0 Å². The summed E-state index contributed by atoms with van der Waals surface area (Å²) in [6.45, 7) is 30.8. The first kappa shape index (κ1) is 48.2. The average Bonchev–Trinajstić information content (AvgIpc) is 1.47. The lowest BCUT2D eigenvalue weighted by molar-refractivity contribution is 0.333. The fourth-order valence-corrected chi connectivity index (χ4v) is 19.2. The van der Waals surface area contributed by atoms with Crippen LogP contribution in [0.15, 0.2) is 152 Å². The highest BCUT2D eigenvalue weighted by atomic mass is 15.1. The van der Waals surface area contributed by atoms with E-state index in [1.54, 1.807) is 38.6 Å². The summed E-state index contributed by atoms with van der Waals surface area (Å²) in [5.41, 5.74) is 33.7. The van der Waals surface area contributed by atoms with Crippen molar-refractivity contribution in [2.45, 2.75) is 160 Å². The smallest absolute Gasteiger partial charge is 0.253 e. The van der Waals surface area contributed by atoms with E-state index in [1.807, 2.05) is 0 Å². The van der Waals surface area contributed by atoms with Gasteiger partial charge in [-0.25, -0.2) is 0 Å². The molecule has 0 fully saturated rings. The van der Waals surface area contributed by atoms with Crippen molar-refractivity contribution < 1.29 is 0 Å². The van der Waals surface area contributed by atoms with Crippen LogP contribution < -0.4 is 16.4 Å². The molecule has 9 aromatic carbocycles. The van der Waals surface area contributed by atoms with Crippen LogP contribution in [0.3, 0.4) is 0 Å². The Balaban J connectivity index is 1.16. The summed E-state index contributed by atoms with van der Waals surface area (Å²) in [5.74, 6) is 0. The zero-order valence-corrected chi connectivity index (χ0v) is 50.1. The third-order valence-corrected chi connectivity index (χ3v) is 23.4. The lowest BCUT2D eigenvalue weighted by Crippen LogP contribution is -2.61. The van der Waals surface area contributed by atoms with Crippen molar-refractivity contribution in [2.75, 3.05) is 0 Å². The van der Waals surface area contributed by atoms with E-state index in [-0.39, 0.29) is 39.2 Å². The summed E-state index contributed by atoms with van der Waals surface area (Å²) in [6, 6.07) is 60.9. The third kappa shape index (κ3) is 5.45. The van der Waals surface area contributed by atoms with Crippen LogP contribution in [0.5, 0.6) is 0 Å². The van der Waals surface area contributed by atoms with Crippen LogP contribution in [-0.4, -0.2) is 15.8 Å². The zero-order chi connectivity index (χ0) is 55.9. The van der Waals surface area contributed by atoms with Gasteiger partial charge in [-0.3, -0.25) is 0 Å². The highest BCUT2D eigenvalue weighted by molar-refractivity contribution is 7.01. The minimum atomic E-state index is -0.582. The van der Waals surface area contributed by atoms with Gasteiger partial charge in [-0.15, -0.1) is 0 Å². The van der Waals surface area contributed by atoms with E-state index in [9.17, 15) is 0 Å². The highest BCUT2D eigenvalue weighted by Crippen LogP contribution is 2.66. The Morgan fingerprint density at radius 1 is 0.354 bits per heavy atom. The van der Waals surface area contributed by atoms with Crippen LogP contribution in [0.2, 0.25) is 0 Å². The van der Waals surface area contributed by atoms with Crippen LogP contribution in [-0.2, 0) is 37.9 Å².